The Morgan fingerprint density at radius 2 is 1.92 bits per heavy atom. The summed E-state index contributed by atoms with van der Waals surface area (Å²) in [7, 11) is 0. The maximum Gasteiger partial charge on any atom is 0.319 e. The van der Waals surface area contributed by atoms with Gasteiger partial charge in [0.1, 0.15) is 11.0 Å². The van der Waals surface area contributed by atoms with Gasteiger partial charge >= 0.3 is 6.01 Å². The molecule has 0 bridgehead atoms. The van der Waals surface area contributed by atoms with Crippen LogP contribution in [0, 0.1) is 6.92 Å². The van der Waals surface area contributed by atoms with Crippen molar-refractivity contribution in [1.29, 1.82) is 0 Å². The molecule has 0 aliphatic heterocycles. The van der Waals surface area contributed by atoms with E-state index >= 15 is 0 Å². The number of para-hydroxylation sites is 1. The number of fused-ring (bicyclic) bond motifs is 1. The fraction of sp³-hybridized carbons (Fsp3) is 0.350. The van der Waals surface area contributed by atoms with Gasteiger partial charge in [-0.1, -0.05) is 42.8 Å². The first kappa shape index (κ1) is 18.4. The Morgan fingerprint density at radius 3 is 2.77 bits per heavy atom. The van der Waals surface area contributed by atoms with E-state index in [1.54, 1.807) is 0 Å². The summed E-state index contributed by atoms with van der Waals surface area (Å²) in [4.78, 5) is 13.3. The van der Waals surface area contributed by atoms with Crippen LogP contribution in [0.5, 0.6) is 6.01 Å². The Hall–Kier alpha value is -2.40. The van der Waals surface area contributed by atoms with E-state index in [1.807, 2.05) is 25.1 Å². The summed E-state index contributed by atoms with van der Waals surface area (Å²) in [6, 6.07) is 12.6. The van der Waals surface area contributed by atoms with Gasteiger partial charge < -0.3 is 10.1 Å². The fourth-order valence-corrected chi connectivity index (χ4v) is 2.78. The van der Waals surface area contributed by atoms with Gasteiger partial charge in [-0.05, 0) is 38.3 Å². The van der Waals surface area contributed by atoms with Gasteiger partial charge in [-0.2, -0.15) is 9.97 Å². The monoisotopic (exact) mass is 370 g/mol. The van der Waals surface area contributed by atoms with Crippen LogP contribution >= 0.6 is 11.6 Å². The molecule has 0 saturated heterocycles. The number of pyridine rings is 1. The third-order valence-electron chi connectivity index (χ3n) is 4.07. The zero-order valence-corrected chi connectivity index (χ0v) is 15.9. The predicted octanol–water partition coefficient (Wildman–Crippen LogP) is 4.82. The minimum atomic E-state index is 0.311. The van der Waals surface area contributed by atoms with Gasteiger partial charge in [-0.15, -0.1) is 0 Å². The van der Waals surface area contributed by atoms with Crippen LogP contribution < -0.4 is 10.1 Å². The average molecular weight is 371 g/mol. The van der Waals surface area contributed by atoms with Gasteiger partial charge in [0.15, 0.2) is 0 Å². The average Bonchev–Trinajstić information content (AvgIpc) is 2.66. The first-order chi connectivity index (χ1) is 12.7. The van der Waals surface area contributed by atoms with Crippen molar-refractivity contribution < 1.29 is 4.74 Å². The van der Waals surface area contributed by atoms with E-state index in [0.717, 1.165) is 53.8 Å². The minimum Gasteiger partial charge on any atom is -0.463 e. The molecule has 1 N–H and O–H groups in total. The van der Waals surface area contributed by atoms with E-state index < -0.39 is 0 Å². The lowest BCUT2D eigenvalue weighted by Gasteiger charge is -2.11. The van der Waals surface area contributed by atoms with E-state index in [1.165, 1.54) is 0 Å². The summed E-state index contributed by atoms with van der Waals surface area (Å²) in [5.41, 5.74) is 2.92. The second-order valence-corrected chi connectivity index (χ2v) is 6.50. The maximum atomic E-state index is 6.18. The summed E-state index contributed by atoms with van der Waals surface area (Å²) in [6.45, 7) is 5.35. The van der Waals surface area contributed by atoms with Crippen molar-refractivity contribution in [2.45, 2.75) is 33.1 Å². The van der Waals surface area contributed by atoms with Crippen LogP contribution in [-0.4, -0.2) is 28.1 Å². The number of nitrogens with zero attached hydrogens (tertiary/aromatic N) is 3. The first-order valence-corrected chi connectivity index (χ1v) is 9.30. The molecule has 136 valence electrons. The number of halogens is 1. The smallest absolute Gasteiger partial charge is 0.319 e. The van der Waals surface area contributed by atoms with Gasteiger partial charge in [0.25, 0.3) is 0 Å². The number of hydrogen-bond donors (Lipinski definition) is 1. The third-order valence-corrected chi connectivity index (χ3v) is 4.44. The van der Waals surface area contributed by atoms with Crippen molar-refractivity contribution in [3.8, 4) is 6.01 Å². The van der Waals surface area contributed by atoms with Gasteiger partial charge in [0.2, 0.25) is 0 Å². The molecule has 0 aliphatic rings. The number of aromatic nitrogens is 3. The molecule has 6 heteroatoms. The molecule has 5 nitrogen and oxygen atoms in total. The van der Waals surface area contributed by atoms with Crippen molar-refractivity contribution in [1.82, 2.24) is 15.0 Å². The maximum absolute atomic E-state index is 6.18. The SMILES string of the molecule is CCCNc1nc(OCCCc2ccc3ccccc3n2)nc(Cl)c1C. The molecule has 26 heavy (non-hydrogen) atoms. The Bertz CT molecular complexity index is 885. The summed E-state index contributed by atoms with van der Waals surface area (Å²) in [5, 5.41) is 4.83. The second-order valence-electron chi connectivity index (χ2n) is 6.14. The lowest BCUT2D eigenvalue weighted by molar-refractivity contribution is 0.286. The van der Waals surface area contributed by atoms with Crippen molar-refractivity contribution in [3.05, 3.63) is 52.8 Å². The lowest BCUT2D eigenvalue weighted by atomic mass is 10.1. The number of benzene rings is 1. The highest BCUT2D eigenvalue weighted by molar-refractivity contribution is 6.30. The van der Waals surface area contributed by atoms with E-state index in [4.69, 9.17) is 16.3 Å². The summed E-state index contributed by atoms with van der Waals surface area (Å²) in [5.74, 6) is 0.734. The van der Waals surface area contributed by atoms with E-state index in [2.05, 4.69) is 45.4 Å². The van der Waals surface area contributed by atoms with Crippen LogP contribution in [0.25, 0.3) is 10.9 Å². The number of hydrogen-bond acceptors (Lipinski definition) is 5. The lowest BCUT2D eigenvalue weighted by Crippen LogP contribution is -2.09. The van der Waals surface area contributed by atoms with Crippen LogP contribution in [0.4, 0.5) is 5.82 Å². The van der Waals surface area contributed by atoms with Crippen molar-refractivity contribution in [3.63, 3.8) is 0 Å². The van der Waals surface area contributed by atoms with Gasteiger partial charge in [-0.3, -0.25) is 4.98 Å². The minimum absolute atomic E-state index is 0.311. The zero-order valence-electron chi connectivity index (χ0n) is 15.1. The number of anilines is 1. The number of ether oxygens (including phenoxy) is 1. The number of aryl methyl sites for hydroxylation is 1. The summed E-state index contributed by atoms with van der Waals surface area (Å²) >= 11 is 6.18. The second kappa shape index (κ2) is 8.81. The molecular weight excluding hydrogens is 348 g/mol. The largest absolute Gasteiger partial charge is 0.463 e. The molecule has 3 aromatic rings. The van der Waals surface area contributed by atoms with Crippen LogP contribution in [0.1, 0.15) is 31.0 Å². The van der Waals surface area contributed by atoms with Crippen LogP contribution in [0.15, 0.2) is 36.4 Å². The number of nitrogens with one attached hydrogen (secondary N) is 1. The zero-order chi connectivity index (χ0) is 18.4. The molecule has 0 unspecified atom stereocenters. The van der Waals surface area contributed by atoms with Crippen LogP contribution in [-0.2, 0) is 6.42 Å². The molecule has 0 fully saturated rings. The quantitative estimate of drug-likeness (QED) is 0.455. The first-order valence-electron chi connectivity index (χ1n) is 8.93. The highest BCUT2D eigenvalue weighted by Gasteiger charge is 2.10. The van der Waals surface area contributed by atoms with Crippen molar-refractivity contribution in [2.75, 3.05) is 18.5 Å². The van der Waals surface area contributed by atoms with Crippen molar-refractivity contribution in [2.24, 2.45) is 0 Å². The van der Waals surface area contributed by atoms with E-state index in [-0.39, 0.29) is 0 Å². The summed E-state index contributed by atoms with van der Waals surface area (Å²) in [6.07, 6.45) is 2.68. The van der Waals surface area contributed by atoms with E-state index in [9.17, 15) is 0 Å². The molecule has 2 aromatic heterocycles. The van der Waals surface area contributed by atoms with Crippen molar-refractivity contribution >= 4 is 28.3 Å². The Morgan fingerprint density at radius 1 is 1.08 bits per heavy atom. The highest BCUT2D eigenvalue weighted by atomic mass is 35.5. The van der Waals surface area contributed by atoms with Gasteiger partial charge in [0.05, 0.1) is 12.1 Å². The highest BCUT2D eigenvalue weighted by Crippen LogP contribution is 2.22. The van der Waals surface area contributed by atoms with Gasteiger partial charge in [0, 0.05) is 23.2 Å². The predicted molar refractivity (Wildman–Crippen MR) is 106 cm³/mol. The normalized spacial score (nSPS) is 10.9. The third kappa shape index (κ3) is 4.61. The van der Waals surface area contributed by atoms with E-state index in [0.29, 0.717) is 17.8 Å². The van der Waals surface area contributed by atoms with Crippen LogP contribution in [0.2, 0.25) is 5.15 Å². The fourth-order valence-electron chi connectivity index (χ4n) is 2.61. The van der Waals surface area contributed by atoms with Crippen LogP contribution in [0.3, 0.4) is 0 Å². The number of rotatable bonds is 8. The molecule has 2 heterocycles. The standard InChI is InChI=1S/C20H23ClN4O/c1-3-12-22-19-14(2)18(21)24-20(25-19)26-13-6-8-16-11-10-15-7-4-5-9-17(15)23-16/h4-5,7,9-11H,3,6,8,12-13H2,1-2H3,(H,22,24,25). The molecule has 0 aliphatic carbocycles. The Balaban J connectivity index is 1.56. The molecule has 0 amide bonds. The molecule has 1 aromatic carbocycles. The molecule has 3 rings (SSSR count). The summed E-state index contributed by atoms with van der Waals surface area (Å²) < 4.78 is 5.70. The molecule has 0 atom stereocenters. The van der Waals surface area contributed by atoms with Gasteiger partial charge in [-0.25, -0.2) is 0 Å². The molecule has 0 saturated carbocycles. The molecular formula is C20H23ClN4O. The Labute approximate surface area is 158 Å². The molecule has 0 spiro atoms. The topological polar surface area (TPSA) is 59.9 Å². The molecule has 0 radical (unpaired) electrons. The Kier molecular flexibility index (Phi) is 6.23.